The standard InChI is InChI=1S/C17H22BrN3O/c1-12-17(13(2)22-20-12)10-19-9-14-7-8-21(11-14)16-5-3-15(18)4-6-16/h3-6,14,19H,7-11H2,1-2H3/t14-/m1/s1. The predicted molar refractivity (Wildman–Crippen MR) is 92.1 cm³/mol. The average Bonchev–Trinajstić information content (AvgIpc) is 3.10. The second-order valence-corrected chi connectivity index (χ2v) is 6.93. The molecule has 5 heteroatoms. The van der Waals surface area contributed by atoms with Gasteiger partial charge in [-0.1, -0.05) is 21.1 Å². The highest BCUT2D eigenvalue weighted by Gasteiger charge is 2.22. The summed E-state index contributed by atoms with van der Waals surface area (Å²) in [4.78, 5) is 2.47. The lowest BCUT2D eigenvalue weighted by Gasteiger charge is -2.19. The summed E-state index contributed by atoms with van der Waals surface area (Å²) in [6, 6.07) is 8.59. The van der Waals surface area contributed by atoms with Crippen molar-refractivity contribution in [3.8, 4) is 0 Å². The SMILES string of the molecule is Cc1noc(C)c1CNC[C@H]1CCN(c2ccc(Br)cc2)C1. The van der Waals surface area contributed by atoms with Gasteiger partial charge in [0.1, 0.15) is 5.76 Å². The molecule has 4 nitrogen and oxygen atoms in total. The number of rotatable bonds is 5. The van der Waals surface area contributed by atoms with Crippen molar-refractivity contribution < 1.29 is 4.52 Å². The van der Waals surface area contributed by atoms with Gasteiger partial charge >= 0.3 is 0 Å². The number of nitrogens with one attached hydrogen (secondary N) is 1. The monoisotopic (exact) mass is 363 g/mol. The zero-order valence-corrected chi connectivity index (χ0v) is 14.7. The van der Waals surface area contributed by atoms with Gasteiger partial charge in [-0.25, -0.2) is 0 Å². The number of halogens is 1. The minimum atomic E-state index is 0.698. The highest BCUT2D eigenvalue weighted by molar-refractivity contribution is 9.10. The summed E-state index contributed by atoms with van der Waals surface area (Å²) in [7, 11) is 0. The van der Waals surface area contributed by atoms with Gasteiger partial charge < -0.3 is 14.7 Å². The number of aryl methyl sites for hydroxylation is 2. The molecule has 2 aromatic rings. The first-order valence-corrected chi connectivity index (χ1v) is 8.56. The summed E-state index contributed by atoms with van der Waals surface area (Å²) in [5.41, 5.74) is 3.51. The molecule has 1 aliphatic rings. The first-order valence-electron chi connectivity index (χ1n) is 7.76. The van der Waals surface area contributed by atoms with E-state index in [1.165, 1.54) is 17.7 Å². The number of hydrogen-bond acceptors (Lipinski definition) is 4. The second kappa shape index (κ2) is 6.84. The van der Waals surface area contributed by atoms with Crippen molar-refractivity contribution in [1.29, 1.82) is 0 Å². The van der Waals surface area contributed by atoms with E-state index in [1.54, 1.807) is 0 Å². The Hall–Kier alpha value is -1.33. The van der Waals surface area contributed by atoms with Crippen LogP contribution in [-0.2, 0) is 6.54 Å². The van der Waals surface area contributed by atoms with Crippen LogP contribution < -0.4 is 10.2 Å². The third-order valence-electron chi connectivity index (χ3n) is 4.39. The molecular weight excluding hydrogens is 342 g/mol. The van der Waals surface area contributed by atoms with E-state index in [0.29, 0.717) is 5.92 Å². The van der Waals surface area contributed by atoms with Gasteiger partial charge in [0.15, 0.2) is 0 Å². The lowest BCUT2D eigenvalue weighted by Crippen LogP contribution is -2.26. The molecule has 1 fully saturated rings. The van der Waals surface area contributed by atoms with E-state index < -0.39 is 0 Å². The van der Waals surface area contributed by atoms with E-state index in [0.717, 1.165) is 42.1 Å². The van der Waals surface area contributed by atoms with E-state index in [2.05, 4.69) is 55.6 Å². The van der Waals surface area contributed by atoms with Crippen LogP contribution in [0.4, 0.5) is 5.69 Å². The van der Waals surface area contributed by atoms with Crippen LogP contribution in [-0.4, -0.2) is 24.8 Å². The van der Waals surface area contributed by atoms with Crippen molar-refractivity contribution in [3.05, 3.63) is 45.8 Å². The lowest BCUT2D eigenvalue weighted by molar-refractivity contribution is 0.391. The first kappa shape index (κ1) is 15.6. The molecule has 0 radical (unpaired) electrons. The Morgan fingerprint density at radius 2 is 2.09 bits per heavy atom. The van der Waals surface area contributed by atoms with E-state index in [4.69, 9.17) is 4.52 Å². The molecule has 1 aromatic heterocycles. The maximum Gasteiger partial charge on any atom is 0.138 e. The molecule has 0 saturated carbocycles. The molecule has 2 heterocycles. The molecule has 3 rings (SSSR count). The van der Waals surface area contributed by atoms with Crippen LogP contribution in [0.2, 0.25) is 0 Å². The Morgan fingerprint density at radius 1 is 1.32 bits per heavy atom. The van der Waals surface area contributed by atoms with Crippen LogP contribution in [0.1, 0.15) is 23.4 Å². The molecule has 1 aliphatic heterocycles. The summed E-state index contributed by atoms with van der Waals surface area (Å²) >= 11 is 3.49. The zero-order chi connectivity index (χ0) is 15.5. The van der Waals surface area contributed by atoms with Crippen molar-refractivity contribution in [1.82, 2.24) is 10.5 Å². The highest BCUT2D eigenvalue weighted by Crippen LogP contribution is 2.25. The number of hydrogen-bond donors (Lipinski definition) is 1. The third-order valence-corrected chi connectivity index (χ3v) is 4.92. The Bertz CT molecular complexity index is 604. The van der Waals surface area contributed by atoms with Crippen molar-refractivity contribution in [2.75, 3.05) is 24.5 Å². The molecular formula is C17H22BrN3O. The topological polar surface area (TPSA) is 41.3 Å². The number of aromatic nitrogens is 1. The van der Waals surface area contributed by atoms with Gasteiger partial charge in [0, 0.05) is 41.9 Å². The van der Waals surface area contributed by atoms with Crippen molar-refractivity contribution in [3.63, 3.8) is 0 Å². The molecule has 0 amide bonds. The molecule has 0 aliphatic carbocycles. The van der Waals surface area contributed by atoms with Gasteiger partial charge in [-0.3, -0.25) is 0 Å². The zero-order valence-electron chi connectivity index (χ0n) is 13.1. The van der Waals surface area contributed by atoms with Gasteiger partial charge in [0.05, 0.1) is 5.69 Å². The Labute approximate surface area is 140 Å². The number of anilines is 1. The van der Waals surface area contributed by atoms with Gasteiger partial charge in [0.2, 0.25) is 0 Å². The van der Waals surface area contributed by atoms with E-state index in [1.807, 2.05) is 13.8 Å². The second-order valence-electron chi connectivity index (χ2n) is 6.01. The Kier molecular flexibility index (Phi) is 4.84. The Balaban J connectivity index is 1.48. The van der Waals surface area contributed by atoms with Crippen LogP contribution in [0.25, 0.3) is 0 Å². The van der Waals surface area contributed by atoms with Crippen LogP contribution in [0.15, 0.2) is 33.3 Å². The Morgan fingerprint density at radius 3 is 2.77 bits per heavy atom. The third kappa shape index (κ3) is 3.52. The molecule has 1 atom stereocenters. The predicted octanol–water partition coefficient (Wildman–Crippen LogP) is 3.67. The number of benzene rings is 1. The molecule has 0 spiro atoms. The first-order chi connectivity index (χ1) is 10.6. The van der Waals surface area contributed by atoms with E-state index in [-0.39, 0.29) is 0 Å². The van der Waals surface area contributed by atoms with Crippen LogP contribution in [0.3, 0.4) is 0 Å². The summed E-state index contributed by atoms with van der Waals surface area (Å²) in [5, 5.41) is 7.56. The number of nitrogens with zero attached hydrogens (tertiary/aromatic N) is 2. The minimum Gasteiger partial charge on any atom is -0.371 e. The van der Waals surface area contributed by atoms with Crippen molar-refractivity contribution in [2.45, 2.75) is 26.8 Å². The summed E-state index contributed by atoms with van der Waals surface area (Å²) in [5.74, 6) is 1.62. The van der Waals surface area contributed by atoms with Gasteiger partial charge in [0.25, 0.3) is 0 Å². The van der Waals surface area contributed by atoms with Gasteiger partial charge in [-0.2, -0.15) is 0 Å². The molecule has 1 saturated heterocycles. The summed E-state index contributed by atoms with van der Waals surface area (Å²) in [6.07, 6.45) is 1.24. The van der Waals surface area contributed by atoms with Gasteiger partial charge in [-0.15, -0.1) is 0 Å². The average molecular weight is 364 g/mol. The maximum absolute atomic E-state index is 5.20. The highest BCUT2D eigenvalue weighted by atomic mass is 79.9. The normalized spacial score (nSPS) is 18.1. The smallest absolute Gasteiger partial charge is 0.138 e. The fourth-order valence-electron chi connectivity index (χ4n) is 3.04. The molecule has 1 aromatic carbocycles. The van der Waals surface area contributed by atoms with Crippen LogP contribution in [0.5, 0.6) is 0 Å². The van der Waals surface area contributed by atoms with Crippen molar-refractivity contribution in [2.24, 2.45) is 5.92 Å². The van der Waals surface area contributed by atoms with Crippen LogP contribution >= 0.6 is 15.9 Å². The lowest BCUT2D eigenvalue weighted by atomic mass is 10.1. The largest absolute Gasteiger partial charge is 0.371 e. The summed E-state index contributed by atoms with van der Waals surface area (Å²) < 4.78 is 6.33. The molecule has 118 valence electrons. The van der Waals surface area contributed by atoms with E-state index >= 15 is 0 Å². The molecule has 0 bridgehead atoms. The minimum absolute atomic E-state index is 0.698. The molecule has 22 heavy (non-hydrogen) atoms. The van der Waals surface area contributed by atoms with Crippen LogP contribution in [0, 0.1) is 19.8 Å². The fourth-order valence-corrected chi connectivity index (χ4v) is 3.31. The molecule has 0 unspecified atom stereocenters. The molecule has 1 N–H and O–H groups in total. The fraction of sp³-hybridized carbons (Fsp3) is 0.471. The van der Waals surface area contributed by atoms with E-state index in [9.17, 15) is 0 Å². The van der Waals surface area contributed by atoms with Gasteiger partial charge in [-0.05, 0) is 50.5 Å². The summed E-state index contributed by atoms with van der Waals surface area (Å²) in [6.45, 7) is 8.11. The maximum atomic E-state index is 5.20. The van der Waals surface area contributed by atoms with Crippen molar-refractivity contribution >= 4 is 21.6 Å². The quantitative estimate of drug-likeness (QED) is 0.879.